The number of ether oxygens (including phenoxy) is 2. The first-order valence-electron chi connectivity index (χ1n) is 6.56. The first kappa shape index (κ1) is 12.4. The average molecular weight is 240 g/mol. The third kappa shape index (κ3) is 2.61. The molecule has 0 aromatic heterocycles. The largest absolute Gasteiger partial charge is 0.465 e. The van der Waals surface area contributed by atoms with Crippen LogP contribution < -0.4 is 0 Å². The monoisotopic (exact) mass is 240 g/mol. The smallest absolute Gasteiger partial charge is 0.321 e. The number of rotatable bonds is 2. The van der Waals surface area contributed by atoms with Gasteiger partial charge in [-0.1, -0.05) is 12.8 Å². The summed E-state index contributed by atoms with van der Waals surface area (Å²) in [6.07, 6.45) is 6.88. The predicted octanol–water partition coefficient (Wildman–Crippen LogP) is 2.21. The molecule has 0 bridgehead atoms. The number of hydrogen-bond acceptors (Lipinski definition) is 4. The van der Waals surface area contributed by atoms with Crippen molar-refractivity contribution in [3.05, 3.63) is 0 Å². The van der Waals surface area contributed by atoms with Gasteiger partial charge in [-0.25, -0.2) is 0 Å². The summed E-state index contributed by atoms with van der Waals surface area (Å²) < 4.78 is 10.4. The number of carbonyl (C=O) groups is 2. The summed E-state index contributed by atoms with van der Waals surface area (Å²) in [6, 6.07) is 0. The van der Waals surface area contributed by atoms with E-state index in [-0.39, 0.29) is 11.6 Å². The maximum atomic E-state index is 11.8. The molecule has 1 unspecified atom stereocenters. The van der Waals surface area contributed by atoms with Crippen LogP contribution >= 0.6 is 0 Å². The van der Waals surface area contributed by atoms with Crippen LogP contribution in [0.25, 0.3) is 0 Å². The van der Waals surface area contributed by atoms with Gasteiger partial charge in [-0.2, -0.15) is 0 Å². The van der Waals surface area contributed by atoms with E-state index in [1.807, 2.05) is 0 Å². The third-order valence-electron chi connectivity index (χ3n) is 3.76. The first-order valence-corrected chi connectivity index (χ1v) is 6.56. The van der Waals surface area contributed by atoms with Gasteiger partial charge in [-0.15, -0.1) is 0 Å². The van der Waals surface area contributed by atoms with E-state index in [4.69, 9.17) is 9.47 Å². The predicted molar refractivity (Wildman–Crippen MR) is 61.3 cm³/mol. The van der Waals surface area contributed by atoms with Crippen LogP contribution in [-0.2, 0) is 19.1 Å². The molecule has 1 spiro atoms. The molecule has 1 saturated carbocycles. The highest BCUT2D eigenvalue weighted by molar-refractivity contribution is 5.96. The van der Waals surface area contributed by atoms with Crippen molar-refractivity contribution in [2.45, 2.75) is 57.5 Å². The van der Waals surface area contributed by atoms with Crippen LogP contribution in [0.15, 0.2) is 0 Å². The fourth-order valence-corrected chi connectivity index (χ4v) is 2.88. The van der Waals surface area contributed by atoms with E-state index in [1.54, 1.807) is 6.92 Å². The van der Waals surface area contributed by atoms with Gasteiger partial charge in [0, 0.05) is 6.42 Å². The molecule has 0 radical (unpaired) electrons. The molecule has 1 atom stereocenters. The molecule has 2 aliphatic rings. The van der Waals surface area contributed by atoms with Gasteiger partial charge in [0.1, 0.15) is 5.60 Å². The zero-order chi connectivity index (χ0) is 12.3. The molecule has 4 nitrogen and oxygen atoms in total. The van der Waals surface area contributed by atoms with Crippen molar-refractivity contribution in [3.8, 4) is 0 Å². The SMILES string of the molecule is CCOC(=O)C1CC2(CCCCCC2)OC1=O. The van der Waals surface area contributed by atoms with Crippen molar-refractivity contribution < 1.29 is 19.1 Å². The van der Waals surface area contributed by atoms with E-state index in [1.165, 1.54) is 12.8 Å². The van der Waals surface area contributed by atoms with Gasteiger partial charge in [0.15, 0.2) is 5.92 Å². The molecule has 0 aromatic carbocycles. The maximum Gasteiger partial charge on any atom is 0.321 e. The second kappa shape index (κ2) is 5.07. The molecule has 96 valence electrons. The summed E-state index contributed by atoms with van der Waals surface area (Å²) >= 11 is 0. The van der Waals surface area contributed by atoms with E-state index < -0.39 is 11.9 Å². The molecule has 1 aliphatic carbocycles. The summed E-state index contributed by atoms with van der Waals surface area (Å²) in [5.41, 5.74) is -0.370. The quantitative estimate of drug-likeness (QED) is 0.548. The van der Waals surface area contributed by atoms with E-state index in [0.717, 1.165) is 25.7 Å². The molecular weight excluding hydrogens is 220 g/mol. The number of carbonyl (C=O) groups excluding carboxylic acids is 2. The fourth-order valence-electron chi connectivity index (χ4n) is 2.88. The van der Waals surface area contributed by atoms with Crippen LogP contribution in [0, 0.1) is 5.92 Å². The van der Waals surface area contributed by atoms with Gasteiger partial charge in [-0.3, -0.25) is 9.59 Å². The first-order chi connectivity index (χ1) is 8.17. The summed E-state index contributed by atoms with van der Waals surface area (Å²) in [4.78, 5) is 23.4. The zero-order valence-corrected chi connectivity index (χ0v) is 10.4. The average Bonchev–Trinajstić information content (AvgIpc) is 2.47. The topological polar surface area (TPSA) is 52.6 Å². The van der Waals surface area contributed by atoms with Crippen LogP contribution in [0.2, 0.25) is 0 Å². The maximum absolute atomic E-state index is 11.8. The summed E-state index contributed by atoms with van der Waals surface area (Å²) in [5, 5.41) is 0. The highest BCUT2D eigenvalue weighted by atomic mass is 16.6. The molecule has 1 saturated heterocycles. The lowest BCUT2D eigenvalue weighted by Gasteiger charge is -2.25. The second-order valence-corrected chi connectivity index (χ2v) is 5.03. The standard InChI is InChI=1S/C13H20O4/c1-2-16-11(14)10-9-13(17-12(10)15)7-5-3-4-6-8-13/h10H,2-9H2,1H3. The molecule has 1 aliphatic heterocycles. The Kier molecular flexibility index (Phi) is 3.69. The molecule has 17 heavy (non-hydrogen) atoms. The summed E-state index contributed by atoms with van der Waals surface area (Å²) in [7, 11) is 0. The van der Waals surface area contributed by atoms with Crippen LogP contribution in [0.5, 0.6) is 0 Å². The Hall–Kier alpha value is -1.06. The van der Waals surface area contributed by atoms with Crippen molar-refractivity contribution in [2.75, 3.05) is 6.61 Å². The van der Waals surface area contributed by atoms with Crippen molar-refractivity contribution in [1.29, 1.82) is 0 Å². The van der Waals surface area contributed by atoms with Crippen molar-refractivity contribution in [1.82, 2.24) is 0 Å². The molecule has 1 heterocycles. The van der Waals surface area contributed by atoms with Crippen molar-refractivity contribution >= 4 is 11.9 Å². The van der Waals surface area contributed by atoms with Gasteiger partial charge < -0.3 is 9.47 Å². The van der Waals surface area contributed by atoms with Crippen molar-refractivity contribution in [2.24, 2.45) is 5.92 Å². The van der Waals surface area contributed by atoms with Crippen LogP contribution in [0.4, 0.5) is 0 Å². The summed E-state index contributed by atoms with van der Waals surface area (Å²) in [6.45, 7) is 2.06. The van der Waals surface area contributed by atoms with Crippen molar-refractivity contribution in [3.63, 3.8) is 0 Å². The molecule has 2 fully saturated rings. The minimum absolute atomic E-state index is 0.315. The molecule has 2 rings (SSSR count). The number of esters is 2. The van der Waals surface area contributed by atoms with Gasteiger partial charge in [0.05, 0.1) is 6.61 Å². The van der Waals surface area contributed by atoms with Gasteiger partial charge in [-0.05, 0) is 32.6 Å². The normalized spacial score (nSPS) is 27.6. The van der Waals surface area contributed by atoms with E-state index >= 15 is 0 Å². The second-order valence-electron chi connectivity index (χ2n) is 5.03. The van der Waals surface area contributed by atoms with E-state index in [0.29, 0.717) is 13.0 Å². The van der Waals surface area contributed by atoms with Crippen LogP contribution in [-0.4, -0.2) is 24.1 Å². The molecule has 4 heteroatoms. The van der Waals surface area contributed by atoms with Crippen LogP contribution in [0.3, 0.4) is 0 Å². The zero-order valence-electron chi connectivity index (χ0n) is 10.4. The Bertz CT molecular complexity index is 303. The van der Waals surface area contributed by atoms with Gasteiger partial charge in [0.25, 0.3) is 0 Å². The Balaban J connectivity index is 2.04. The Morgan fingerprint density at radius 2 is 2.00 bits per heavy atom. The molecule has 0 amide bonds. The van der Waals surface area contributed by atoms with Crippen LogP contribution in [0.1, 0.15) is 51.9 Å². The lowest BCUT2D eigenvalue weighted by molar-refractivity contribution is -0.158. The lowest BCUT2D eigenvalue weighted by atomic mass is 9.87. The minimum Gasteiger partial charge on any atom is -0.465 e. The number of hydrogen-bond donors (Lipinski definition) is 0. The Morgan fingerprint density at radius 1 is 1.35 bits per heavy atom. The molecule has 0 aromatic rings. The highest BCUT2D eigenvalue weighted by Crippen LogP contribution is 2.41. The Morgan fingerprint density at radius 3 is 2.59 bits per heavy atom. The Labute approximate surface area is 102 Å². The van der Waals surface area contributed by atoms with Gasteiger partial charge in [0.2, 0.25) is 0 Å². The highest BCUT2D eigenvalue weighted by Gasteiger charge is 2.50. The summed E-state index contributed by atoms with van der Waals surface area (Å²) in [5.74, 6) is -1.49. The molecule has 0 N–H and O–H groups in total. The molecular formula is C13H20O4. The minimum atomic E-state index is -0.687. The third-order valence-corrected chi connectivity index (χ3v) is 3.76. The van der Waals surface area contributed by atoms with Gasteiger partial charge >= 0.3 is 11.9 Å². The van der Waals surface area contributed by atoms with E-state index in [2.05, 4.69) is 0 Å². The lowest BCUT2D eigenvalue weighted by Crippen LogP contribution is -2.27. The van der Waals surface area contributed by atoms with E-state index in [9.17, 15) is 9.59 Å². The fraction of sp³-hybridized carbons (Fsp3) is 0.846.